The zero-order chi connectivity index (χ0) is 27.2. The summed E-state index contributed by atoms with van der Waals surface area (Å²) in [5, 5.41) is 3.83. The normalized spacial score (nSPS) is 15.2. The second-order valence-corrected chi connectivity index (χ2v) is 12.0. The van der Waals surface area contributed by atoms with Crippen LogP contribution in [-0.2, 0) is 26.2 Å². The van der Waals surface area contributed by atoms with Gasteiger partial charge in [0.05, 0.1) is 11.9 Å². The Hall–Kier alpha value is -2.36. The molecule has 2 amide bonds. The highest BCUT2D eigenvalue weighted by atomic mass is 35.5. The van der Waals surface area contributed by atoms with E-state index in [0.717, 1.165) is 54.8 Å². The van der Waals surface area contributed by atoms with E-state index in [9.17, 15) is 22.4 Å². The number of nitrogens with one attached hydrogen (secondary N) is 1. The van der Waals surface area contributed by atoms with Crippen LogP contribution in [0.4, 0.5) is 10.1 Å². The zero-order valence-corrected chi connectivity index (χ0v) is 23.3. The molecule has 1 atom stereocenters. The Labute approximate surface area is 228 Å². The summed E-state index contributed by atoms with van der Waals surface area (Å²) >= 11 is 12.4. The molecule has 1 fully saturated rings. The van der Waals surface area contributed by atoms with E-state index in [-0.39, 0.29) is 24.2 Å². The summed E-state index contributed by atoms with van der Waals surface area (Å²) in [6.07, 6.45) is 6.24. The second-order valence-electron chi connectivity index (χ2n) is 9.27. The van der Waals surface area contributed by atoms with E-state index in [1.54, 1.807) is 25.1 Å². The van der Waals surface area contributed by atoms with Crippen molar-refractivity contribution in [3.8, 4) is 0 Å². The van der Waals surface area contributed by atoms with Crippen LogP contribution in [0.15, 0.2) is 42.5 Å². The van der Waals surface area contributed by atoms with Gasteiger partial charge in [0, 0.05) is 22.6 Å². The third-order valence-electron chi connectivity index (χ3n) is 6.49. The van der Waals surface area contributed by atoms with Gasteiger partial charge in [0.15, 0.2) is 0 Å². The number of amides is 2. The smallest absolute Gasteiger partial charge is 0.244 e. The van der Waals surface area contributed by atoms with E-state index in [2.05, 4.69) is 5.32 Å². The molecule has 1 N–H and O–H groups in total. The number of rotatable bonds is 10. The minimum absolute atomic E-state index is 0.0214. The molecule has 2 aromatic carbocycles. The quantitative estimate of drug-likeness (QED) is 0.427. The van der Waals surface area contributed by atoms with Gasteiger partial charge in [-0.2, -0.15) is 0 Å². The molecule has 0 radical (unpaired) electrons. The summed E-state index contributed by atoms with van der Waals surface area (Å²) < 4.78 is 39.6. The first-order valence-corrected chi connectivity index (χ1v) is 14.9. The van der Waals surface area contributed by atoms with Crippen molar-refractivity contribution in [2.75, 3.05) is 17.1 Å². The Kier molecular flexibility index (Phi) is 10.2. The lowest BCUT2D eigenvalue weighted by Gasteiger charge is -2.34. The number of benzene rings is 2. The number of nitrogens with zero attached hydrogens (tertiary/aromatic N) is 2. The molecule has 7 nitrogen and oxygen atoms in total. The lowest BCUT2D eigenvalue weighted by atomic mass is 9.95. The standard InChI is InChI=1S/C26H32Cl2FN3O4S/c1-3-24(26(34)30-21-7-5-4-6-8-21)31(16-18-9-10-19(27)15-23(18)28)25(33)17-32(37(2,35)36)22-13-11-20(29)12-14-22/h9-15,21,24H,3-8,16-17H2,1-2H3,(H,30,34)/t24-/m0/s1. The highest BCUT2D eigenvalue weighted by Gasteiger charge is 2.33. The fourth-order valence-electron chi connectivity index (χ4n) is 4.52. The molecule has 0 aromatic heterocycles. The summed E-state index contributed by atoms with van der Waals surface area (Å²) in [5.41, 5.74) is 0.706. The number of hydrogen-bond donors (Lipinski definition) is 1. The van der Waals surface area contributed by atoms with E-state index >= 15 is 0 Å². The van der Waals surface area contributed by atoms with Crippen LogP contribution in [0.3, 0.4) is 0 Å². The lowest BCUT2D eigenvalue weighted by molar-refractivity contribution is -0.140. The Bertz CT molecular complexity index is 1200. The SMILES string of the molecule is CC[C@@H](C(=O)NC1CCCCC1)N(Cc1ccc(Cl)cc1Cl)C(=O)CN(c1ccc(F)cc1)S(C)(=O)=O. The summed E-state index contributed by atoms with van der Waals surface area (Å²) in [6.45, 7) is 1.21. The van der Waals surface area contributed by atoms with Crippen LogP contribution in [0.25, 0.3) is 0 Å². The maximum absolute atomic E-state index is 13.7. The minimum atomic E-state index is -3.90. The third kappa shape index (κ3) is 8.06. The van der Waals surface area contributed by atoms with Gasteiger partial charge < -0.3 is 10.2 Å². The monoisotopic (exact) mass is 571 g/mol. The number of anilines is 1. The van der Waals surface area contributed by atoms with Gasteiger partial charge >= 0.3 is 0 Å². The van der Waals surface area contributed by atoms with E-state index < -0.39 is 34.3 Å². The largest absolute Gasteiger partial charge is 0.352 e. The Morgan fingerprint density at radius 3 is 2.30 bits per heavy atom. The Morgan fingerprint density at radius 2 is 1.73 bits per heavy atom. The van der Waals surface area contributed by atoms with Crippen LogP contribution in [0.2, 0.25) is 10.0 Å². The first kappa shape index (κ1) is 29.2. The molecule has 202 valence electrons. The molecule has 0 saturated heterocycles. The van der Waals surface area contributed by atoms with Crippen LogP contribution < -0.4 is 9.62 Å². The number of halogens is 3. The van der Waals surface area contributed by atoms with Gasteiger partial charge in [-0.3, -0.25) is 13.9 Å². The van der Waals surface area contributed by atoms with Crippen molar-refractivity contribution in [3.05, 3.63) is 63.9 Å². The summed E-state index contributed by atoms with van der Waals surface area (Å²) in [6, 6.07) is 8.86. The van der Waals surface area contributed by atoms with Crippen LogP contribution in [0, 0.1) is 5.82 Å². The molecule has 1 aliphatic carbocycles. The average molecular weight is 573 g/mol. The first-order chi connectivity index (χ1) is 17.5. The van der Waals surface area contributed by atoms with Crippen molar-refractivity contribution in [1.82, 2.24) is 10.2 Å². The second kappa shape index (κ2) is 12.9. The van der Waals surface area contributed by atoms with Crippen molar-refractivity contribution < 1.29 is 22.4 Å². The summed E-state index contributed by atoms with van der Waals surface area (Å²) in [4.78, 5) is 28.4. The molecule has 3 rings (SSSR count). The molecular weight excluding hydrogens is 540 g/mol. The van der Waals surface area contributed by atoms with Gasteiger partial charge in [-0.15, -0.1) is 0 Å². The highest BCUT2D eigenvalue weighted by Crippen LogP contribution is 2.25. The first-order valence-electron chi connectivity index (χ1n) is 12.3. The summed E-state index contributed by atoms with van der Waals surface area (Å²) in [5.74, 6) is -1.42. The molecule has 37 heavy (non-hydrogen) atoms. The van der Waals surface area contributed by atoms with Crippen LogP contribution in [0.1, 0.15) is 51.0 Å². The minimum Gasteiger partial charge on any atom is -0.352 e. The molecular formula is C26H32Cl2FN3O4S. The molecule has 2 aromatic rings. The van der Waals surface area contributed by atoms with Gasteiger partial charge in [-0.05, 0) is 61.2 Å². The molecule has 0 unspecified atom stereocenters. The van der Waals surface area contributed by atoms with Crippen molar-refractivity contribution >= 4 is 50.7 Å². The Morgan fingerprint density at radius 1 is 1.08 bits per heavy atom. The van der Waals surface area contributed by atoms with Crippen molar-refractivity contribution in [2.45, 2.75) is 64.1 Å². The van der Waals surface area contributed by atoms with Gasteiger partial charge in [-0.25, -0.2) is 12.8 Å². The molecule has 11 heteroatoms. The van der Waals surface area contributed by atoms with E-state index in [1.807, 2.05) is 0 Å². The molecule has 0 heterocycles. The Balaban J connectivity index is 1.93. The lowest BCUT2D eigenvalue weighted by Crippen LogP contribution is -2.54. The maximum atomic E-state index is 13.7. The molecule has 0 aliphatic heterocycles. The number of carbonyl (C=O) groups is 2. The average Bonchev–Trinajstić information content (AvgIpc) is 2.84. The topological polar surface area (TPSA) is 86.8 Å². The predicted octanol–water partition coefficient (Wildman–Crippen LogP) is 5.15. The third-order valence-corrected chi connectivity index (χ3v) is 8.21. The highest BCUT2D eigenvalue weighted by molar-refractivity contribution is 7.92. The van der Waals surface area contributed by atoms with E-state index in [4.69, 9.17) is 23.2 Å². The summed E-state index contributed by atoms with van der Waals surface area (Å²) in [7, 11) is -3.90. The number of sulfonamides is 1. The van der Waals surface area contributed by atoms with Gasteiger partial charge in [0.25, 0.3) is 0 Å². The predicted molar refractivity (Wildman–Crippen MR) is 145 cm³/mol. The van der Waals surface area contributed by atoms with Crippen LogP contribution >= 0.6 is 23.2 Å². The van der Waals surface area contributed by atoms with Crippen molar-refractivity contribution in [1.29, 1.82) is 0 Å². The molecule has 1 saturated carbocycles. The fraction of sp³-hybridized carbons (Fsp3) is 0.462. The molecule has 0 bridgehead atoms. The molecule has 1 aliphatic rings. The molecule has 0 spiro atoms. The number of hydrogen-bond acceptors (Lipinski definition) is 4. The van der Waals surface area contributed by atoms with Gasteiger partial charge in [-0.1, -0.05) is 55.5 Å². The zero-order valence-electron chi connectivity index (χ0n) is 20.9. The van der Waals surface area contributed by atoms with Gasteiger partial charge in [0.1, 0.15) is 18.4 Å². The van der Waals surface area contributed by atoms with Crippen molar-refractivity contribution in [2.24, 2.45) is 0 Å². The van der Waals surface area contributed by atoms with Crippen LogP contribution in [-0.4, -0.2) is 50.0 Å². The van der Waals surface area contributed by atoms with Crippen molar-refractivity contribution in [3.63, 3.8) is 0 Å². The van der Waals surface area contributed by atoms with Crippen LogP contribution in [0.5, 0.6) is 0 Å². The number of carbonyl (C=O) groups excluding carboxylic acids is 2. The maximum Gasteiger partial charge on any atom is 0.244 e. The van der Waals surface area contributed by atoms with E-state index in [0.29, 0.717) is 22.0 Å². The van der Waals surface area contributed by atoms with E-state index in [1.165, 1.54) is 17.0 Å². The van der Waals surface area contributed by atoms with Gasteiger partial charge in [0.2, 0.25) is 21.8 Å². The fourth-order valence-corrected chi connectivity index (χ4v) is 5.84.